The van der Waals surface area contributed by atoms with Gasteiger partial charge in [-0.2, -0.15) is 0 Å². The quantitative estimate of drug-likeness (QED) is 0.841. The summed E-state index contributed by atoms with van der Waals surface area (Å²) in [6.07, 6.45) is 3.61. The lowest BCUT2D eigenvalue weighted by atomic mass is 10.2. The molecule has 1 aromatic carbocycles. The second-order valence-corrected chi connectivity index (χ2v) is 5.73. The number of carbonyl (C=O) groups excluding carboxylic acids is 1. The lowest BCUT2D eigenvalue weighted by Gasteiger charge is -2.09. The van der Waals surface area contributed by atoms with Crippen LogP contribution in [0.4, 0.5) is 5.69 Å². The van der Waals surface area contributed by atoms with Gasteiger partial charge in [0.25, 0.3) is 0 Å². The van der Waals surface area contributed by atoms with Crippen molar-refractivity contribution in [1.29, 1.82) is 0 Å². The molecule has 0 saturated heterocycles. The van der Waals surface area contributed by atoms with Crippen LogP contribution in [0.1, 0.15) is 26.2 Å². The van der Waals surface area contributed by atoms with Crippen LogP contribution < -0.4 is 10.6 Å². The first-order chi connectivity index (χ1) is 9.11. The average molecular weight is 301 g/mol. The molecule has 1 aliphatic carbocycles. The van der Waals surface area contributed by atoms with Crippen molar-refractivity contribution in [3.63, 3.8) is 0 Å². The molecule has 0 aliphatic heterocycles. The number of anilines is 1. The molecule has 2 unspecified atom stereocenters. The van der Waals surface area contributed by atoms with Gasteiger partial charge in [-0.1, -0.05) is 42.6 Å². The molecule has 1 aromatic rings. The summed E-state index contributed by atoms with van der Waals surface area (Å²) in [6, 6.07) is 5.65. The molecule has 19 heavy (non-hydrogen) atoms. The van der Waals surface area contributed by atoms with Crippen molar-refractivity contribution in [3.05, 3.63) is 28.2 Å². The van der Waals surface area contributed by atoms with E-state index in [9.17, 15) is 4.79 Å². The maximum atomic E-state index is 11.8. The van der Waals surface area contributed by atoms with E-state index >= 15 is 0 Å². The van der Waals surface area contributed by atoms with Crippen molar-refractivity contribution in [2.45, 2.75) is 32.2 Å². The van der Waals surface area contributed by atoms with E-state index < -0.39 is 0 Å². The van der Waals surface area contributed by atoms with Gasteiger partial charge in [0, 0.05) is 6.04 Å². The molecule has 2 N–H and O–H groups in total. The maximum Gasteiger partial charge on any atom is 0.238 e. The number of rotatable bonds is 6. The molecule has 2 atom stereocenters. The van der Waals surface area contributed by atoms with Crippen molar-refractivity contribution < 1.29 is 4.79 Å². The molecule has 0 bridgehead atoms. The highest BCUT2D eigenvalue weighted by atomic mass is 35.5. The summed E-state index contributed by atoms with van der Waals surface area (Å²) in [4.78, 5) is 11.8. The molecule has 1 saturated carbocycles. The van der Waals surface area contributed by atoms with Crippen LogP contribution in [0.3, 0.4) is 0 Å². The lowest BCUT2D eigenvalue weighted by Crippen LogP contribution is -2.30. The number of hydrogen-bond donors (Lipinski definition) is 2. The van der Waals surface area contributed by atoms with Gasteiger partial charge in [0.1, 0.15) is 0 Å². The Bertz CT molecular complexity index is 445. The smallest absolute Gasteiger partial charge is 0.238 e. The lowest BCUT2D eigenvalue weighted by molar-refractivity contribution is -0.115. The average Bonchev–Trinajstić information content (AvgIpc) is 3.11. The van der Waals surface area contributed by atoms with E-state index in [-0.39, 0.29) is 5.91 Å². The van der Waals surface area contributed by atoms with Crippen molar-refractivity contribution in [2.75, 3.05) is 11.9 Å². The first-order valence-corrected chi connectivity index (χ1v) is 7.34. The van der Waals surface area contributed by atoms with Crippen LogP contribution >= 0.6 is 23.2 Å². The molecule has 0 spiro atoms. The van der Waals surface area contributed by atoms with Gasteiger partial charge in [0.05, 0.1) is 22.3 Å². The Morgan fingerprint density at radius 1 is 1.37 bits per heavy atom. The zero-order chi connectivity index (χ0) is 13.8. The topological polar surface area (TPSA) is 41.1 Å². The van der Waals surface area contributed by atoms with E-state index in [4.69, 9.17) is 23.2 Å². The third kappa shape index (κ3) is 4.10. The van der Waals surface area contributed by atoms with Crippen LogP contribution in [0.5, 0.6) is 0 Å². The third-order valence-corrected chi connectivity index (χ3v) is 3.96. The van der Waals surface area contributed by atoms with E-state index in [1.165, 1.54) is 19.3 Å². The van der Waals surface area contributed by atoms with Crippen LogP contribution in [-0.4, -0.2) is 18.5 Å². The molecule has 2 rings (SSSR count). The summed E-state index contributed by atoms with van der Waals surface area (Å²) >= 11 is 12.0. The summed E-state index contributed by atoms with van der Waals surface area (Å²) in [5, 5.41) is 6.90. The van der Waals surface area contributed by atoms with Crippen molar-refractivity contribution in [2.24, 2.45) is 5.92 Å². The van der Waals surface area contributed by atoms with E-state index in [1.807, 2.05) is 0 Å². The summed E-state index contributed by atoms with van der Waals surface area (Å²) in [6.45, 7) is 2.48. The van der Waals surface area contributed by atoms with Crippen LogP contribution in [0.2, 0.25) is 10.0 Å². The van der Waals surface area contributed by atoms with Gasteiger partial charge < -0.3 is 10.6 Å². The minimum Gasteiger partial charge on any atom is -0.322 e. The van der Waals surface area contributed by atoms with Crippen LogP contribution in [0.25, 0.3) is 0 Å². The summed E-state index contributed by atoms with van der Waals surface area (Å²) in [7, 11) is 0. The van der Waals surface area contributed by atoms with Crippen LogP contribution in [-0.2, 0) is 4.79 Å². The summed E-state index contributed by atoms with van der Waals surface area (Å²) in [5.74, 6) is 0.624. The molecule has 1 aliphatic rings. The van der Waals surface area contributed by atoms with Gasteiger partial charge in [-0.25, -0.2) is 0 Å². The number of carbonyl (C=O) groups is 1. The molecule has 5 heteroatoms. The third-order valence-electron chi connectivity index (χ3n) is 3.33. The second-order valence-electron chi connectivity index (χ2n) is 4.92. The van der Waals surface area contributed by atoms with Gasteiger partial charge in [-0.15, -0.1) is 0 Å². The number of nitrogens with one attached hydrogen (secondary N) is 2. The van der Waals surface area contributed by atoms with E-state index in [0.717, 1.165) is 5.92 Å². The Morgan fingerprint density at radius 2 is 2.05 bits per heavy atom. The normalized spacial score (nSPS) is 21.2. The number of benzene rings is 1. The fourth-order valence-electron chi connectivity index (χ4n) is 2.21. The van der Waals surface area contributed by atoms with Gasteiger partial charge in [0.2, 0.25) is 5.91 Å². The van der Waals surface area contributed by atoms with E-state index in [0.29, 0.717) is 28.3 Å². The Hall–Kier alpha value is -0.770. The molecular weight excluding hydrogens is 283 g/mol. The number of hydrogen-bond acceptors (Lipinski definition) is 2. The van der Waals surface area contributed by atoms with Crippen molar-refractivity contribution in [1.82, 2.24) is 5.32 Å². The zero-order valence-electron chi connectivity index (χ0n) is 10.9. The number of para-hydroxylation sites is 1. The van der Waals surface area contributed by atoms with Gasteiger partial charge >= 0.3 is 0 Å². The fraction of sp³-hybridized carbons (Fsp3) is 0.500. The molecule has 0 aromatic heterocycles. The molecule has 104 valence electrons. The zero-order valence-corrected chi connectivity index (χ0v) is 12.4. The largest absolute Gasteiger partial charge is 0.322 e. The summed E-state index contributed by atoms with van der Waals surface area (Å²) < 4.78 is 0. The standard InChI is InChI=1S/C14H18Cl2N2O/c1-2-4-9-7-12(9)17-8-13(19)18-14-10(15)5-3-6-11(14)16/h3,5-6,9,12,17H,2,4,7-8H2,1H3,(H,18,19). The van der Waals surface area contributed by atoms with Crippen molar-refractivity contribution in [3.8, 4) is 0 Å². The van der Waals surface area contributed by atoms with Gasteiger partial charge in [-0.05, 0) is 30.9 Å². The SMILES string of the molecule is CCCC1CC1NCC(=O)Nc1c(Cl)cccc1Cl. The van der Waals surface area contributed by atoms with E-state index in [1.54, 1.807) is 18.2 Å². The first-order valence-electron chi connectivity index (χ1n) is 6.59. The first kappa shape index (κ1) is 14.6. The Labute approximate surface area is 123 Å². The minimum atomic E-state index is -0.114. The number of halogens is 2. The highest BCUT2D eigenvalue weighted by Gasteiger charge is 2.35. The highest BCUT2D eigenvalue weighted by Crippen LogP contribution is 2.34. The molecule has 1 fully saturated rings. The minimum absolute atomic E-state index is 0.114. The monoisotopic (exact) mass is 300 g/mol. The van der Waals surface area contributed by atoms with Gasteiger partial charge in [0.15, 0.2) is 0 Å². The number of amides is 1. The molecule has 0 radical (unpaired) electrons. The van der Waals surface area contributed by atoms with Crippen molar-refractivity contribution >= 4 is 34.8 Å². The van der Waals surface area contributed by atoms with Crippen LogP contribution in [0.15, 0.2) is 18.2 Å². The van der Waals surface area contributed by atoms with Crippen LogP contribution in [0, 0.1) is 5.92 Å². The fourth-order valence-corrected chi connectivity index (χ4v) is 2.70. The Morgan fingerprint density at radius 3 is 2.68 bits per heavy atom. The predicted octanol–water partition coefficient (Wildman–Crippen LogP) is 3.71. The molecule has 1 amide bonds. The Kier molecular flexibility index (Phi) is 5.08. The maximum absolute atomic E-state index is 11.8. The molecular formula is C14H18Cl2N2O. The molecule has 3 nitrogen and oxygen atoms in total. The van der Waals surface area contributed by atoms with Gasteiger partial charge in [-0.3, -0.25) is 4.79 Å². The highest BCUT2D eigenvalue weighted by molar-refractivity contribution is 6.39. The second kappa shape index (κ2) is 6.60. The molecule has 0 heterocycles. The Balaban J connectivity index is 1.79. The predicted molar refractivity (Wildman–Crippen MR) is 79.9 cm³/mol. The van der Waals surface area contributed by atoms with E-state index in [2.05, 4.69) is 17.6 Å². The summed E-state index contributed by atoms with van der Waals surface area (Å²) in [5.41, 5.74) is 0.485.